The highest BCUT2D eigenvalue weighted by atomic mass is 16.5. The molecule has 2 aromatic rings. The van der Waals surface area contributed by atoms with Crippen molar-refractivity contribution in [3.8, 4) is 5.75 Å². The van der Waals surface area contributed by atoms with Gasteiger partial charge in [-0.1, -0.05) is 12.1 Å². The first-order valence-electron chi connectivity index (χ1n) is 9.98. The number of methoxy groups -OCH3 is 1. The molecule has 0 radical (unpaired) electrons. The molecule has 2 aliphatic carbocycles. The Morgan fingerprint density at radius 3 is 2.69 bits per heavy atom. The van der Waals surface area contributed by atoms with Gasteiger partial charge < -0.3 is 20.5 Å². The van der Waals surface area contributed by atoms with Gasteiger partial charge in [0.1, 0.15) is 11.4 Å². The molecule has 3 atom stereocenters. The van der Waals surface area contributed by atoms with Crippen LogP contribution in [0.4, 0.5) is 0 Å². The minimum absolute atomic E-state index is 0.118. The van der Waals surface area contributed by atoms with E-state index >= 15 is 0 Å². The molecule has 8 heteroatoms. The summed E-state index contributed by atoms with van der Waals surface area (Å²) in [5.41, 5.74) is 2.27. The number of aliphatic hydroxyl groups excluding tert-OH is 1. The lowest BCUT2D eigenvalue weighted by molar-refractivity contribution is -0.125. The van der Waals surface area contributed by atoms with E-state index in [2.05, 4.69) is 20.8 Å². The van der Waals surface area contributed by atoms with Gasteiger partial charge in [0.25, 0.3) is 5.91 Å². The lowest BCUT2D eigenvalue weighted by atomic mass is 10.1. The van der Waals surface area contributed by atoms with Gasteiger partial charge in [-0.05, 0) is 49.4 Å². The lowest BCUT2D eigenvalue weighted by Crippen LogP contribution is -2.40. The number of carbonyl (C=O) groups excluding carboxylic acids is 2. The quantitative estimate of drug-likeness (QED) is 0.564. The number of rotatable bonds is 7. The Labute approximate surface area is 169 Å². The van der Waals surface area contributed by atoms with Crippen molar-refractivity contribution in [1.29, 1.82) is 0 Å². The van der Waals surface area contributed by atoms with E-state index in [9.17, 15) is 14.7 Å². The Morgan fingerprint density at radius 2 is 2.00 bits per heavy atom. The van der Waals surface area contributed by atoms with Crippen LogP contribution in [0, 0.1) is 5.92 Å². The molecule has 154 valence electrons. The Morgan fingerprint density at radius 1 is 1.24 bits per heavy atom. The van der Waals surface area contributed by atoms with E-state index in [1.807, 2.05) is 24.3 Å². The SMILES string of the molecule is COc1ccc(CNC(=O)[C@@H]2C[C@@H](O)[C@H](NC(=O)c3cc(C4CC4)[nH]n3)C2)cc1. The Kier molecular flexibility index (Phi) is 5.53. The van der Waals surface area contributed by atoms with Crippen molar-refractivity contribution < 1.29 is 19.4 Å². The van der Waals surface area contributed by atoms with Gasteiger partial charge in [-0.15, -0.1) is 0 Å². The summed E-state index contributed by atoms with van der Waals surface area (Å²) in [6, 6.07) is 8.79. The van der Waals surface area contributed by atoms with Gasteiger partial charge in [0.15, 0.2) is 0 Å². The second-order valence-corrected chi connectivity index (χ2v) is 7.86. The van der Waals surface area contributed by atoms with Gasteiger partial charge in [0, 0.05) is 24.1 Å². The number of aromatic amines is 1. The summed E-state index contributed by atoms with van der Waals surface area (Å²) >= 11 is 0. The fraction of sp³-hybridized carbons (Fsp3) is 0.476. The highest BCUT2D eigenvalue weighted by molar-refractivity contribution is 5.92. The number of amides is 2. The number of hydrogen-bond acceptors (Lipinski definition) is 5. The lowest BCUT2D eigenvalue weighted by Gasteiger charge is -2.15. The molecule has 0 bridgehead atoms. The molecule has 29 heavy (non-hydrogen) atoms. The summed E-state index contributed by atoms with van der Waals surface area (Å²) in [5.74, 6) is 0.470. The number of carbonyl (C=O) groups is 2. The first kappa shape index (κ1) is 19.4. The molecule has 1 aromatic carbocycles. The summed E-state index contributed by atoms with van der Waals surface area (Å²) in [6.45, 7) is 0.406. The van der Waals surface area contributed by atoms with Crippen LogP contribution >= 0.6 is 0 Å². The highest BCUT2D eigenvalue weighted by Gasteiger charge is 2.38. The number of aliphatic hydroxyl groups is 1. The van der Waals surface area contributed by atoms with Crippen molar-refractivity contribution in [2.75, 3.05) is 7.11 Å². The van der Waals surface area contributed by atoms with Gasteiger partial charge in [-0.25, -0.2) is 0 Å². The Hall–Kier alpha value is -2.87. The van der Waals surface area contributed by atoms with Crippen molar-refractivity contribution >= 4 is 11.8 Å². The van der Waals surface area contributed by atoms with E-state index in [1.54, 1.807) is 13.2 Å². The molecule has 0 unspecified atom stereocenters. The highest BCUT2D eigenvalue weighted by Crippen LogP contribution is 2.39. The number of ether oxygens (including phenoxy) is 1. The molecule has 0 aliphatic heterocycles. The smallest absolute Gasteiger partial charge is 0.272 e. The van der Waals surface area contributed by atoms with E-state index in [-0.39, 0.29) is 17.7 Å². The van der Waals surface area contributed by atoms with Gasteiger partial charge in [-0.3, -0.25) is 14.7 Å². The zero-order valence-corrected chi connectivity index (χ0v) is 16.4. The number of nitrogens with zero attached hydrogens (tertiary/aromatic N) is 1. The second-order valence-electron chi connectivity index (χ2n) is 7.86. The Bertz CT molecular complexity index is 875. The fourth-order valence-corrected chi connectivity index (χ4v) is 3.76. The molecular formula is C21H26N4O4. The number of aromatic nitrogens is 2. The second kappa shape index (κ2) is 8.24. The largest absolute Gasteiger partial charge is 0.497 e. The Balaban J connectivity index is 1.27. The topological polar surface area (TPSA) is 116 Å². The molecule has 2 fully saturated rings. The first-order chi connectivity index (χ1) is 14.0. The maximum Gasteiger partial charge on any atom is 0.272 e. The molecule has 0 spiro atoms. The van der Waals surface area contributed by atoms with Crippen LogP contribution in [0.15, 0.2) is 30.3 Å². The van der Waals surface area contributed by atoms with Crippen LogP contribution in [0.1, 0.15) is 53.3 Å². The third-order valence-electron chi connectivity index (χ3n) is 5.69. The van der Waals surface area contributed by atoms with E-state index in [0.29, 0.717) is 31.0 Å². The molecule has 8 nitrogen and oxygen atoms in total. The maximum absolute atomic E-state index is 12.5. The summed E-state index contributed by atoms with van der Waals surface area (Å²) in [6.07, 6.45) is 2.22. The van der Waals surface area contributed by atoms with Crippen LogP contribution in [0.2, 0.25) is 0 Å². The van der Waals surface area contributed by atoms with E-state index in [1.165, 1.54) is 0 Å². The maximum atomic E-state index is 12.5. The van der Waals surface area contributed by atoms with Crippen LogP contribution in [0.3, 0.4) is 0 Å². The average molecular weight is 398 g/mol. The van der Waals surface area contributed by atoms with Crippen LogP contribution in [-0.2, 0) is 11.3 Å². The van der Waals surface area contributed by atoms with Crippen molar-refractivity contribution in [1.82, 2.24) is 20.8 Å². The number of nitrogens with one attached hydrogen (secondary N) is 3. The van der Waals surface area contributed by atoms with E-state index in [4.69, 9.17) is 4.74 Å². The number of H-pyrrole nitrogens is 1. The molecule has 2 saturated carbocycles. The van der Waals surface area contributed by atoms with Gasteiger partial charge in [-0.2, -0.15) is 5.10 Å². The number of benzene rings is 1. The average Bonchev–Trinajstić information content (AvgIpc) is 3.35. The zero-order valence-electron chi connectivity index (χ0n) is 16.4. The third kappa shape index (κ3) is 4.59. The van der Waals surface area contributed by atoms with Crippen molar-refractivity contribution in [2.24, 2.45) is 5.92 Å². The predicted molar refractivity (Wildman–Crippen MR) is 105 cm³/mol. The molecule has 2 aliphatic rings. The minimum atomic E-state index is -0.752. The van der Waals surface area contributed by atoms with E-state index < -0.39 is 12.1 Å². The first-order valence-corrected chi connectivity index (χ1v) is 9.98. The summed E-state index contributed by atoms with van der Waals surface area (Å²) in [7, 11) is 1.61. The molecule has 4 rings (SSSR count). The molecule has 4 N–H and O–H groups in total. The zero-order chi connectivity index (χ0) is 20.4. The van der Waals surface area contributed by atoms with E-state index in [0.717, 1.165) is 29.8 Å². The monoisotopic (exact) mass is 398 g/mol. The van der Waals surface area contributed by atoms with Crippen molar-refractivity contribution in [3.63, 3.8) is 0 Å². The molecule has 0 saturated heterocycles. The molecule has 2 amide bonds. The van der Waals surface area contributed by atoms with Crippen LogP contribution < -0.4 is 15.4 Å². The van der Waals surface area contributed by atoms with Crippen LogP contribution in [-0.4, -0.2) is 46.4 Å². The molecule has 1 aromatic heterocycles. The van der Waals surface area contributed by atoms with Crippen molar-refractivity contribution in [2.45, 2.75) is 50.3 Å². The van der Waals surface area contributed by atoms with Crippen LogP contribution in [0.25, 0.3) is 0 Å². The number of hydrogen-bond donors (Lipinski definition) is 4. The summed E-state index contributed by atoms with van der Waals surface area (Å²) in [5, 5.41) is 23.0. The summed E-state index contributed by atoms with van der Waals surface area (Å²) < 4.78 is 5.12. The van der Waals surface area contributed by atoms with Gasteiger partial charge in [0.05, 0.1) is 19.3 Å². The van der Waals surface area contributed by atoms with Crippen LogP contribution in [0.5, 0.6) is 5.75 Å². The summed E-state index contributed by atoms with van der Waals surface area (Å²) in [4.78, 5) is 24.9. The molecular weight excluding hydrogens is 372 g/mol. The minimum Gasteiger partial charge on any atom is -0.497 e. The van der Waals surface area contributed by atoms with Gasteiger partial charge >= 0.3 is 0 Å². The fourth-order valence-electron chi connectivity index (χ4n) is 3.76. The third-order valence-corrected chi connectivity index (χ3v) is 5.69. The molecule has 1 heterocycles. The standard InChI is InChI=1S/C21H26N4O4/c1-29-15-6-2-12(3-7-15)11-22-20(27)14-8-17(19(26)9-14)23-21(28)18-10-16(24-25-18)13-4-5-13/h2-3,6-7,10,13-14,17,19,26H,4-5,8-9,11H2,1H3,(H,22,27)(H,23,28)(H,24,25)/t14-,17+,19+/m0/s1. The normalized spacial score (nSPS) is 23.6. The van der Waals surface area contributed by atoms with Gasteiger partial charge in [0.2, 0.25) is 5.91 Å². The predicted octanol–water partition coefficient (Wildman–Crippen LogP) is 1.48. The van der Waals surface area contributed by atoms with Crippen molar-refractivity contribution in [3.05, 3.63) is 47.3 Å².